The number of para-hydroxylation sites is 1. The van der Waals surface area contributed by atoms with E-state index in [9.17, 15) is 9.90 Å². The molecule has 3 rings (SSSR count). The van der Waals surface area contributed by atoms with E-state index >= 15 is 0 Å². The number of hydrogen-bond donors (Lipinski definition) is 1. The molecular formula is C20H21N3O2. The number of aromatic nitrogens is 2. The lowest BCUT2D eigenvalue weighted by Gasteiger charge is -2.18. The SMILES string of the molecule is CN(Cc1cnn(-c2ccccc2)c1)C(=O)CC(O)c1ccccc1. The zero-order chi connectivity index (χ0) is 17.6. The van der Waals surface area contributed by atoms with Crippen LogP contribution in [0.2, 0.25) is 0 Å². The van der Waals surface area contributed by atoms with Crippen LogP contribution in [0.3, 0.4) is 0 Å². The molecule has 0 aliphatic rings. The predicted octanol–water partition coefficient (Wildman–Crippen LogP) is 2.95. The van der Waals surface area contributed by atoms with E-state index in [1.807, 2.05) is 66.9 Å². The van der Waals surface area contributed by atoms with Gasteiger partial charge in [-0.1, -0.05) is 48.5 Å². The third-order valence-corrected chi connectivity index (χ3v) is 4.05. The van der Waals surface area contributed by atoms with E-state index in [0.29, 0.717) is 6.54 Å². The predicted molar refractivity (Wildman–Crippen MR) is 96.1 cm³/mol. The van der Waals surface area contributed by atoms with Crippen molar-refractivity contribution in [1.29, 1.82) is 0 Å². The van der Waals surface area contributed by atoms with E-state index in [0.717, 1.165) is 16.8 Å². The Morgan fingerprint density at radius 1 is 1.12 bits per heavy atom. The molecule has 1 atom stereocenters. The van der Waals surface area contributed by atoms with E-state index in [1.54, 1.807) is 22.8 Å². The molecule has 0 fully saturated rings. The fraction of sp³-hybridized carbons (Fsp3) is 0.200. The highest BCUT2D eigenvalue weighted by Crippen LogP contribution is 2.17. The van der Waals surface area contributed by atoms with Crippen molar-refractivity contribution in [1.82, 2.24) is 14.7 Å². The second-order valence-corrected chi connectivity index (χ2v) is 6.01. The number of nitrogens with zero attached hydrogens (tertiary/aromatic N) is 3. The number of carbonyl (C=O) groups excluding carboxylic acids is 1. The van der Waals surface area contributed by atoms with Crippen LogP contribution >= 0.6 is 0 Å². The molecule has 3 aromatic rings. The topological polar surface area (TPSA) is 58.4 Å². The van der Waals surface area contributed by atoms with Crippen molar-refractivity contribution in [2.75, 3.05) is 7.05 Å². The number of hydrogen-bond acceptors (Lipinski definition) is 3. The summed E-state index contributed by atoms with van der Waals surface area (Å²) in [7, 11) is 1.74. The zero-order valence-corrected chi connectivity index (χ0v) is 14.1. The Hall–Kier alpha value is -2.92. The summed E-state index contributed by atoms with van der Waals surface area (Å²) < 4.78 is 1.78. The van der Waals surface area contributed by atoms with Crippen LogP contribution in [0.15, 0.2) is 73.1 Å². The molecule has 1 amide bonds. The van der Waals surface area contributed by atoms with Crippen molar-refractivity contribution >= 4 is 5.91 Å². The molecule has 25 heavy (non-hydrogen) atoms. The van der Waals surface area contributed by atoms with Gasteiger partial charge in [0.05, 0.1) is 24.4 Å². The summed E-state index contributed by atoms with van der Waals surface area (Å²) in [5.74, 6) is -0.108. The molecule has 1 heterocycles. The van der Waals surface area contributed by atoms with E-state index in [2.05, 4.69) is 5.10 Å². The van der Waals surface area contributed by atoms with Crippen LogP contribution in [-0.4, -0.2) is 32.7 Å². The highest BCUT2D eigenvalue weighted by Gasteiger charge is 2.17. The molecule has 2 aromatic carbocycles. The summed E-state index contributed by atoms with van der Waals surface area (Å²) in [5, 5.41) is 14.5. The van der Waals surface area contributed by atoms with Gasteiger partial charge in [-0.2, -0.15) is 5.10 Å². The number of aliphatic hydroxyl groups is 1. The van der Waals surface area contributed by atoms with E-state index in [-0.39, 0.29) is 12.3 Å². The lowest BCUT2D eigenvalue weighted by atomic mass is 10.1. The van der Waals surface area contributed by atoms with Gasteiger partial charge in [0, 0.05) is 25.4 Å². The number of amides is 1. The summed E-state index contributed by atoms with van der Waals surface area (Å²) >= 11 is 0. The van der Waals surface area contributed by atoms with Crippen LogP contribution in [0.25, 0.3) is 5.69 Å². The maximum atomic E-state index is 12.3. The minimum Gasteiger partial charge on any atom is -0.388 e. The minimum atomic E-state index is -0.789. The van der Waals surface area contributed by atoms with Crippen molar-refractivity contribution in [3.63, 3.8) is 0 Å². The van der Waals surface area contributed by atoms with Gasteiger partial charge < -0.3 is 10.0 Å². The summed E-state index contributed by atoms with van der Waals surface area (Å²) in [6.07, 6.45) is 2.94. The molecular weight excluding hydrogens is 314 g/mol. The van der Waals surface area contributed by atoms with E-state index in [1.165, 1.54) is 0 Å². The maximum Gasteiger partial charge on any atom is 0.225 e. The third kappa shape index (κ3) is 4.33. The van der Waals surface area contributed by atoms with Gasteiger partial charge in [-0.15, -0.1) is 0 Å². The van der Waals surface area contributed by atoms with Crippen LogP contribution in [0.1, 0.15) is 23.7 Å². The van der Waals surface area contributed by atoms with Crippen LogP contribution in [-0.2, 0) is 11.3 Å². The Bertz CT molecular complexity index is 815. The Labute approximate surface area is 147 Å². The van der Waals surface area contributed by atoms with Gasteiger partial charge in [0.2, 0.25) is 5.91 Å². The van der Waals surface area contributed by atoms with Gasteiger partial charge in [0.25, 0.3) is 0 Å². The molecule has 1 aromatic heterocycles. The highest BCUT2D eigenvalue weighted by atomic mass is 16.3. The fourth-order valence-corrected chi connectivity index (χ4v) is 2.64. The molecule has 5 nitrogen and oxygen atoms in total. The van der Waals surface area contributed by atoms with Crippen LogP contribution < -0.4 is 0 Å². The maximum absolute atomic E-state index is 12.3. The quantitative estimate of drug-likeness (QED) is 0.753. The number of carbonyl (C=O) groups is 1. The van der Waals surface area contributed by atoms with Gasteiger partial charge in [-0.05, 0) is 17.7 Å². The first kappa shape index (κ1) is 16.9. The van der Waals surface area contributed by atoms with Gasteiger partial charge in [0.1, 0.15) is 0 Å². The smallest absolute Gasteiger partial charge is 0.225 e. The Morgan fingerprint density at radius 3 is 2.44 bits per heavy atom. The Balaban J connectivity index is 1.59. The number of rotatable bonds is 6. The van der Waals surface area contributed by atoms with Gasteiger partial charge in [-0.25, -0.2) is 4.68 Å². The summed E-state index contributed by atoms with van der Waals surface area (Å²) in [5.41, 5.74) is 2.66. The molecule has 128 valence electrons. The average Bonchev–Trinajstić information content (AvgIpc) is 3.11. The molecule has 1 N–H and O–H groups in total. The highest BCUT2D eigenvalue weighted by molar-refractivity contribution is 5.76. The summed E-state index contributed by atoms with van der Waals surface area (Å²) in [6.45, 7) is 0.452. The normalized spacial score (nSPS) is 11.9. The summed E-state index contributed by atoms with van der Waals surface area (Å²) in [6, 6.07) is 19.0. The van der Waals surface area contributed by atoms with Crippen LogP contribution in [0.5, 0.6) is 0 Å². The molecule has 0 saturated heterocycles. The molecule has 0 radical (unpaired) electrons. The van der Waals surface area contributed by atoms with Crippen molar-refractivity contribution in [2.24, 2.45) is 0 Å². The lowest BCUT2D eigenvalue weighted by Crippen LogP contribution is -2.27. The number of benzene rings is 2. The van der Waals surface area contributed by atoms with Crippen molar-refractivity contribution < 1.29 is 9.90 Å². The second kappa shape index (κ2) is 7.77. The van der Waals surface area contributed by atoms with E-state index < -0.39 is 6.10 Å². The average molecular weight is 335 g/mol. The Morgan fingerprint density at radius 2 is 1.76 bits per heavy atom. The first-order valence-electron chi connectivity index (χ1n) is 8.19. The van der Waals surface area contributed by atoms with Crippen LogP contribution in [0, 0.1) is 0 Å². The molecule has 1 unspecified atom stereocenters. The standard InChI is InChI=1S/C20H21N3O2/c1-22(20(25)12-19(24)17-8-4-2-5-9-17)14-16-13-21-23(15-16)18-10-6-3-7-11-18/h2-11,13,15,19,24H,12,14H2,1H3. The largest absolute Gasteiger partial charge is 0.388 e. The molecule has 0 bridgehead atoms. The van der Waals surface area contributed by atoms with Gasteiger partial charge in [-0.3, -0.25) is 4.79 Å². The fourth-order valence-electron chi connectivity index (χ4n) is 2.64. The van der Waals surface area contributed by atoms with Crippen LogP contribution in [0.4, 0.5) is 0 Å². The van der Waals surface area contributed by atoms with Gasteiger partial charge >= 0.3 is 0 Å². The van der Waals surface area contributed by atoms with Crippen molar-refractivity contribution in [2.45, 2.75) is 19.1 Å². The first-order chi connectivity index (χ1) is 12.1. The zero-order valence-electron chi connectivity index (χ0n) is 14.1. The first-order valence-corrected chi connectivity index (χ1v) is 8.19. The second-order valence-electron chi connectivity index (χ2n) is 6.01. The van der Waals surface area contributed by atoms with Crippen molar-refractivity contribution in [3.8, 4) is 5.69 Å². The Kier molecular flexibility index (Phi) is 5.26. The summed E-state index contributed by atoms with van der Waals surface area (Å²) in [4.78, 5) is 14.0. The lowest BCUT2D eigenvalue weighted by molar-refractivity contribution is -0.132. The molecule has 0 saturated carbocycles. The molecule has 0 aliphatic carbocycles. The number of aliphatic hydroxyl groups excluding tert-OH is 1. The third-order valence-electron chi connectivity index (χ3n) is 4.05. The molecule has 0 spiro atoms. The minimum absolute atomic E-state index is 0.0628. The van der Waals surface area contributed by atoms with Gasteiger partial charge in [0.15, 0.2) is 0 Å². The molecule has 0 aliphatic heterocycles. The molecule has 5 heteroatoms. The van der Waals surface area contributed by atoms with E-state index in [4.69, 9.17) is 0 Å². The monoisotopic (exact) mass is 335 g/mol. The van der Waals surface area contributed by atoms with Crippen molar-refractivity contribution in [3.05, 3.63) is 84.2 Å².